The Kier molecular flexibility index (Phi) is 2.79. The molecule has 5 unspecified atom stereocenters. The summed E-state index contributed by atoms with van der Waals surface area (Å²) in [6.07, 6.45) is 1.31. The lowest BCUT2D eigenvalue weighted by Crippen LogP contribution is -2.50. The van der Waals surface area contributed by atoms with Crippen molar-refractivity contribution in [3.8, 4) is 0 Å². The number of rotatable bonds is 4. The van der Waals surface area contributed by atoms with Crippen LogP contribution in [0.1, 0.15) is 6.92 Å². The highest BCUT2D eigenvalue weighted by Gasteiger charge is 2.65. The smallest absolute Gasteiger partial charge is 0.159 e. The third kappa shape index (κ3) is 1.41. The molecule has 2 saturated heterocycles. The molecule has 0 aromatic rings. The summed E-state index contributed by atoms with van der Waals surface area (Å²) < 4.78 is 22.5. The van der Waals surface area contributed by atoms with Gasteiger partial charge in [0.15, 0.2) is 11.7 Å². The zero-order valence-corrected chi connectivity index (χ0v) is 9.43. The van der Waals surface area contributed by atoms with Gasteiger partial charge in [-0.1, -0.05) is 6.58 Å². The van der Waals surface area contributed by atoms with Gasteiger partial charge in [0.05, 0.1) is 25.0 Å². The summed E-state index contributed by atoms with van der Waals surface area (Å²) in [7, 11) is 3.65. The van der Waals surface area contributed by atoms with E-state index in [1.54, 1.807) is 7.11 Å². The quantitative estimate of drug-likeness (QED) is 0.472. The first-order valence-electron chi connectivity index (χ1n) is 5.24. The molecule has 2 bridgehead atoms. The van der Waals surface area contributed by atoms with Crippen LogP contribution in [0.25, 0.3) is 0 Å². The standard InChI is InChI=1S/C10H17BO4/c1-4-13-8-7-9(11)15-10(8,5-12-3)6(2)14-7/h4,6-9H,1,5,11H2,2-3H3. The summed E-state index contributed by atoms with van der Waals surface area (Å²) >= 11 is 0. The van der Waals surface area contributed by atoms with Crippen LogP contribution in [0.15, 0.2) is 12.8 Å². The molecule has 84 valence electrons. The van der Waals surface area contributed by atoms with Gasteiger partial charge in [-0.15, -0.1) is 0 Å². The van der Waals surface area contributed by atoms with Gasteiger partial charge in [-0.05, 0) is 6.92 Å². The van der Waals surface area contributed by atoms with Crippen LogP contribution in [0, 0.1) is 0 Å². The predicted molar refractivity (Wildman–Crippen MR) is 57.4 cm³/mol. The van der Waals surface area contributed by atoms with Crippen molar-refractivity contribution in [2.45, 2.75) is 36.8 Å². The van der Waals surface area contributed by atoms with Gasteiger partial charge in [0.1, 0.15) is 14.0 Å². The van der Waals surface area contributed by atoms with Gasteiger partial charge in [0, 0.05) is 7.11 Å². The van der Waals surface area contributed by atoms with Crippen LogP contribution < -0.4 is 0 Å². The first-order valence-corrected chi connectivity index (χ1v) is 5.24. The SMILES string of the molecule is BC1OC2(COC)C(C)OC1C2OC=C. The van der Waals surface area contributed by atoms with Gasteiger partial charge < -0.3 is 18.9 Å². The molecule has 15 heavy (non-hydrogen) atoms. The Bertz CT molecular complexity index is 260. The number of hydrogen-bond donors (Lipinski definition) is 0. The first kappa shape index (κ1) is 11.0. The molecule has 0 aromatic heterocycles. The predicted octanol–water partition coefficient (Wildman–Crippen LogP) is -0.323. The second-order valence-electron chi connectivity index (χ2n) is 4.18. The molecule has 5 atom stereocenters. The van der Waals surface area contributed by atoms with Crippen LogP contribution in [0.5, 0.6) is 0 Å². The minimum Gasteiger partial charge on any atom is -0.493 e. The molecule has 2 aliphatic heterocycles. The lowest BCUT2D eigenvalue weighted by Gasteiger charge is -2.34. The van der Waals surface area contributed by atoms with E-state index in [0.717, 1.165) is 0 Å². The largest absolute Gasteiger partial charge is 0.493 e. The second-order valence-corrected chi connectivity index (χ2v) is 4.18. The van der Waals surface area contributed by atoms with Crippen LogP contribution in [-0.4, -0.2) is 51.5 Å². The molecule has 2 rings (SSSR count). The Morgan fingerprint density at radius 1 is 1.60 bits per heavy atom. The van der Waals surface area contributed by atoms with Gasteiger partial charge in [-0.2, -0.15) is 0 Å². The van der Waals surface area contributed by atoms with Crippen molar-refractivity contribution in [1.29, 1.82) is 0 Å². The monoisotopic (exact) mass is 212 g/mol. The molecular formula is C10H17BO4. The number of methoxy groups -OCH3 is 1. The molecule has 0 amide bonds. The van der Waals surface area contributed by atoms with Crippen LogP contribution in [-0.2, 0) is 18.9 Å². The highest BCUT2D eigenvalue weighted by atomic mass is 16.7. The summed E-state index contributed by atoms with van der Waals surface area (Å²) in [5, 5.41) is 0. The van der Waals surface area contributed by atoms with Crippen molar-refractivity contribution in [3.05, 3.63) is 12.8 Å². The Labute approximate surface area is 90.9 Å². The molecule has 0 saturated carbocycles. The molecule has 2 heterocycles. The molecule has 0 N–H and O–H groups in total. The van der Waals surface area contributed by atoms with Crippen molar-refractivity contribution >= 4 is 7.85 Å². The average molecular weight is 212 g/mol. The van der Waals surface area contributed by atoms with E-state index in [-0.39, 0.29) is 24.3 Å². The Hall–Kier alpha value is -0.515. The Morgan fingerprint density at radius 2 is 2.33 bits per heavy atom. The highest BCUT2D eigenvalue weighted by Crippen LogP contribution is 2.45. The molecule has 0 spiro atoms. The maximum absolute atomic E-state index is 5.94. The topological polar surface area (TPSA) is 36.9 Å². The fraction of sp³-hybridized carbons (Fsp3) is 0.800. The van der Waals surface area contributed by atoms with Crippen LogP contribution in [0.4, 0.5) is 0 Å². The van der Waals surface area contributed by atoms with E-state index >= 15 is 0 Å². The van der Waals surface area contributed by atoms with E-state index in [4.69, 9.17) is 18.9 Å². The van der Waals surface area contributed by atoms with Crippen molar-refractivity contribution in [1.82, 2.24) is 0 Å². The lowest BCUT2D eigenvalue weighted by atomic mass is 9.90. The zero-order chi connectivity index (χ0) is 11.1. The fourth-order valence-electron chi connectivity index (χ4n) is 2.62. The molecular weight excluding hydrogens is 195 g/mol. The summed E-state index contributed by atoms with van der Waals surface area (Å²) in [6, 6.07) is 0.0429. The summed E-state index contributed by atoms with van der Waals surface area (Å²) in [5.74, 6) is 0. The number of fused-ring (bicyclic) bond motifs is 2. The Balaban J connectivity index is 2.25. The second kappa shape index (κ2) is 3.81. The van der Waals surface area contributed by atoms with Crippen molar-refractivity contribution in [2.75, 3.05) is 13.7 Å². The summed E-state index contributed by atoms with van der Waals surface area (Å²) in [5.41, 5.74) is -0.479. The highest BCUT2D eigenvalue weighted by molar-refractivity contribution is 6.11. The summed E-state index contributed by atoms with van der Waals surface area (Å²) in [6.45, 7) is 6.06. The number of hydrogen-bond acceptors (Lipinski definition) is 4. The van der Waals surface area contributed by atoms with Gasteiger partial charge in [-0.3, -0.25) is 0 Å². The van der Waals surface area contributed by atoms with E-state index in [9.17, 15) is 0 Å². The minimum absolute atomic E-state index is 0.0106. The van der Waals surface area contributed by atoms with Crippen LogP contribution >= 0.6 is 0 Å². The van der Waals surface area contributed by atoms with Crippen molar-refractivity contribution < 1.29 is 18.9 Å². The van der Waals surface area contributed by atoms with E-state index in [2.05, 4.69) is 6.58 Å². The van der Waals surface area contributed by atoms with Crippen LogP contribution in [0.2, 0.25) is 0 Å². The third-order valence-corrected chi connectivity index (χ3v) is 3.31. The van der Waals surface area contributed by atoms with Crippen molar-refractivity contribution in [2.24, 2.45) is 0 Å². The van der Waals surface area contributed by atoms with E-state index in [1.807, 2.05) is 14.8 Å². The van der Waals surface area contributed by atoms with Gasteiger partial charge in [0.25, 0.3) is 0 Å². The maximum Gasteiger partial charge on any atom is 0.159 e. The molecule has 2 fully saturated rings. The van der Waals surface area contributed by atoms with E-state index in [0.29, 0.717) is 6.61 Å². The fourth-order valence-corrected chi connectivity index (χ4v) is 2.62. The normalized spacial score (nSPS) is 48.1. The minimum atomic E-state index is -0.479. The average Bonchev–Trinajstić information content (AvgIpc) is 2.57. The van der Waals surface area contributed by atoms with Crippen LogP contribution in [0.3, 0.4) is 0 Å². The Morgan fingerprint density at radius 3 is 2.93 bits per heavy atom. The van der Waals surface area contributed by atoms with E-state index in [1.165, 1.54) is 6.26 Å². The van der Waals surface area contributed by atoms with E-state index < -0.39 is 5.60 Å². The molecule has 0 aliphatic carbocycles. The maximum atomic E-state index is 5.94. The number of ether oxygens (including phenoxy) is 4. The first-order chi connectivity index (χ1) is 7.15. The lowest BCUT2D eigenvalue weighted by molar-refractivity contribution is -0.177. The van der Waals surface area contributed by atoms with Gasteiger partial charge in [-0.25, -0.2) is 0 Å². The zero-order valence-electron chi connectivity index (χ0n) is 9.43. The van der Waals surface area contributed by atoms with Crippen molar-refractivity contribution in [3.63, 3.8) is 0 Å². The van der Waals surface area contributed by atoms with Gasteiger partial charge in [0.2, 0.25) is 0 Å². The molecule has 0 radical (unpaired) electrons. The summed E-state index contributed by atoms with van der Waals surface area (Å²) in [4.78, 5) is 0. The molecule has 5 heteroatoms. The molecule has 2 aliphatic rings. The third-order valence-electron chi connectivity index (χ3n) is 3.31. The molecule has 4 nitrogen and oxygen atoms in total. The molecule has 0 aromatic carbocycles. The van der Waals surface area contributed by atoms with Gasteiger partial charge >= 0.3 is 0 Å².